The van der Waals surface area contributed by atoms with E-state index in [1.165, 1.54) is 44.4 Å². The van der Waals surface area contributed by atoms with Crippen LogP contribution in [0.3, 0.4) is 0 Å². The molecule has 0 aliphatic carbocycles. The number of hydrogen-bond donors (Lipinski definition) is 1. The minimum absolute atomic E-state index is 0.0541. The Morgan fingerprint density at radius 3 is 2.24 bits per heavy atom. The zero-order chi connectivity index (χ0) is 34.4. The summed E-state index contributed by atoms with van der Waals surface area (Å²) in [5.74, 6) is 1.01. The number of hydrogen-bond acceptors (Lipinski definition) is 4. The normalized spacial score (nSPS) is 14.9. The van der Waals surface area contributed by atoms with Crippen molar-refractivity contribution in [2.75, 3.05) is 10.2 Å². The van der Waals surface area contributed by atoms with Crippen molar-refractivity contribution in [1.29, 1.82) is 0 Å². The molecule has 2 aliphatic heterocycles. The molecule has 50 heavy (non-hydrogen) atoms. The Labute approximate surface area is 295 Å². The number of fused-ring (bicyclic) bond motifs is 10. The first-order valence-corrected chi connectivity index (χ1v) is 21.0. The lowest BCUT2D eigenvalue weighted by atomic mass is 9.83. The standard InChI is InChI=1S/C44H41N5Si/c1-44(2,3)32-24-30(23-31(25-32)37-26-29(21-22-45-37)28-13-8-7-9-14-28)34-15-12-18-39-41(34)47-43-48(39)40-27-33(50(4,5)6)19-20-35(40)42-46-36-16-10-11-17-38(36)49(42)43/h7-27,43,47H,1-6H3. The summed E-state index contributed by atoms with van der Waals surface area (Å²) in [4.78, 5) is 12.6. The summed E-state index contributed by atoms with van der Waals surface area (Å²) >= 11 is 0. The third-order valence-electron chi connectivity index (χ3n) is 10.3. The lowest BCUT2D eigenvalue weighted by Crippen LogP contribution is -2.39. The molecule has 0 radical (unpaired) electrons. The van der Waals surface area contributed by atoms with E-state index in [-0.39, 0.29) is 11.7 Å². The second-order valence-electron chi connectivity index (χ2n) is 15.7. The number of aromatic nitrogens is 3. The number of anilines is 3. The molecule has 0 fully saturated rings. The number of imidazole rings is 1. The highest BCUT2D eigenvalue weighted by Gasteiger charge is 2.41. The number of para-hydroxylation sites is 3. The fraction of sp³-hybridized carbons (Fsp3) is 0.182. The van der Waals surface area contributed by atoms with Crippen molar-refractivity contribution in [3.8, 4) is 44.9 Å². The van der Waals surface area contributed by atoms with Gasteiger partial charge in [-0.2, -0.15) is 0 Å². The zero-order valence-corrected chi connectivity index (χ0v) is 30.5. The minimum atomic E-state index is -1.58. The van der Waals surface area contributed by atoms with Crippen LogP contribution >= 0.6 is 0 Å². The summed E-state index contributed by atoms with van der Waals surface area (Å²) in [6.45, 7) is 14.1. The molecule has 6 heteroatoms. The number of benzene rings is 5. The molecule has 2 aliphatic rings. The monoisotopic (exact) mass is 667 g/mol. The molecule has 5 nitrogen and oxygen atoms in total. The smallest absolute Gasteiger partial charge is 0.188 e. The van der Waals surface area contributed by atoms with Crippen LogP contribution in [0.4, 0.5) is 17.1 Å². The van der Waals surface area contributed by atoms with E-state index < -0.39 is 8.07 Å². The van der Waals surface area contributed by atoms with Crippen LogP contribution < -0.4 is 15.4 Å². The molecule has 7 aromatic rings. The predicted octanol–water partition coefficient (Wildman–Crippen LogP) is 11.0. The van der Waals surface area contributed by atoms with Crippen molar-refractivity contribution in [1.82, 2.24) is 14.5 Å². The Hall–Kier alpha value is -5.46. The summed E-state index contributed by atoms with van der Waals surface area (Å²) in [6.07, 6.45) is 1.78. The van der Waals surface area contributed by atoms with Gasteiger partial charge in [0.15, 0.2) is 6.29 Å². The van der Waals surface area contributed by atoms with E-state index in [0.717, 1.165) is 39.4 Å². The van der Waals surface area contributed by atoms with Crippen molar-refractivity contribution in [3.05, 3.63) is 133 Å². The molecular weight excluding hydrogens is 627 g/mol. The van der Waals surface area contributed by atoms with Crippen LogP contribution in [-0.4, -0.2) is 22.6 Å². The van der Waals surface area contributed by atoms with E-state index in [4.69, 9.17) is 9.97 Å². The van der Waals surface area contributed by atoms with Crippen molar-refractivity contribution in [3.63, 3.8) is 0 Å². The first-order valence-electron chi connectivity index (χ1n) is 17.5. The summed E-state index contributed by atoms with van der Waals surface area (Å²) < 4.78 is 2.38. The highest BCUT2D eigenvalue weighted by molar-refractivity contribution is 6.88. The molecule has 0 saturated carbocycles. The molecule has 9 rings (SSSR count). The Balaban J connectivity index is 1.24. The van der Waals surface area contributed by atoms with Crippen molar-refractivity contribution in [2.24, 2.45) is 0 Å². The van der Waals surface area contributed by atoms with Gasteiger partial charge in [0.2, 0.25) is 0 Å². The molecule has 0 saturated heterocycles. The van der Waals surface area contributed by atoms with Gasteiger partial charge in [-0.15, -0.1) is 0 Å². The predicted molar refractivity (Wildman–Crippen MR) is 212 cm³/mol. The van der Waals surface area contributed by atoms with E-state index in [1.807, 2.05) is 6.20 Å². The number of rotatable bonds is 4. The van der Waals surface area contributed by atoms with Crippen LogP contribution in [0.5, 0.6) is 0 Å². The van der Waals surface area contributed by atoms with Gasteiger partial charge in [0.25, 0.3) is 0 Å². The van der Waals surface area contributed by atoms with E-state index in [0.29, 0.717) is 0 Å². The molecule has 4 heterocycles. The van der Waals surface area contributed by atoms with Crippen LogP contribution in [0, 0.1) is 0 Å². The first kappa shape index (κ1) is 30.6. The Morgan fingerprint density at radius 2 is 1.44 bits per heavy atom. The average molecular weight is 668 g/mol. The highest BCUT2D eigenvalue weighted by Crippen LogP contribution is 2.54. The first-order chi connectivity index (χ1) is 24.0. The zero-order valence-electron chi connectivity index (χ0n) is 29.5. The molecule has 0 amide bonds. The second kappa shape index (κ2) is 11.0. The molecule has 1 unspecified atom stereocenters. The maximum Gasteiger partial charge on any atom is 0.188 e. The van der Waals surface area contributed by atoms with Gasteiger partial charge in [-0.1, -0.05) is 112 Å². The largest absolute Gasteiger partial charge is 0.345 e. The quantitative estimate of drug-likeness (QED) is 0.190. The maximum atomic E-state index is 5.20. The van der Waals surface area contributed by atoms with Gasteiger partial charge in [0, 0.05) is 22.9 Å². The second-order valence-corrected chi connectivity index (χ2v) is 20.8. The highest BCUT2D eigenvalue weighted by atomic mass is 28.3. The van der Waals surface area contributed by atoms with Gasteiger partial charge in [-0.3, -0.25) is 9.55 Å². The molecule has 5 aromatic carbocycles. The molecule has 2 aromatic heterocycles. The fourth-order valence-corrected chi connectivity index (χ4v) is 8.68. The Morgan fingerprint density at radius 1 is 0.660 bits per heavy atom. The summed E-state index contributed by atoms with van der Waals surface area (Å²) in [7, 11) is -1.58. The third kappa shape index (κ3) is 4.89. The number of nitrogens with one attached hydrogen (secondary N) is 1. The molecule has 0 bridgehead atoms. The topological polar surface area (TPSA) is 46.0 Å². The fourth-order valence-electron chi connectivity index (χ4n) is 7.53. The molecule has 1 N–H and O–H groups in total. The molecule has 1 atom stereocenters. The summed E-state index contributed by atoms with van der Waals surface area (Å²) in [5, 5.41) is 5.47. The molecule has 246 valence electrons. The number of pyridine rings is 1. The third-order valence-corrected chi connectivity index (χ3v) is 12.3. The van der Waals surface area contributed by atoms with Crippen molar-refractivity contribution >= 4 is 41.4 Å². The van der Waals surface area contributed by atoms with E-state index in [2.05, 4.69) is 177 Å². The van der Waals surface area contributed by atoms with Crippen LogP contribution in [0.2, 0.25) is 19.6 Å². The van der Waals surface area contributed by atoms with E-state index >= 15 is 0 Å². The lowest BCUT2D eigenvalue weighted by Gasteiger charge is -2.36. The van der Waals surface area contributed by atoms with Crippen molar-refractivity contribution < 1.29 is 0 Å². The van der Waals surface area contributed by atoms with Gasteiger partial charge in [0.1, 0.15) is 5.82 Å². The maximum absolute atomic E-state index is 5.20. The summed E-state index contributed by atoms with van der Waals surface area (Å²) in [5.41, 5.74) is 14.8. The van der Waals surface area contributed by atoms with Gasteiger partial charge in [-0.25, -0.2) is 4.98 Å². The van der Waals surface area contributed by atoms with Crippen molar-refractivity contribution in [2.45, 2.75) is 52.1 Å². The van der Waals surface area contributed by atoms with Crippen LogP contribution in [-0.2, 0) is 5.41 Å². The van der Waals surface area contributed by atoms with E-state index in [1.54, 1.807) is 0 Å². The van der Waals surface area contributed by atoms with Gasteiger partial charge < -0.3 is 10.2 Å². The SMILES string of the molecule is CC(C)(C)c1cc(-c2cc(-c3ccccc3)ccn2)cc(-c2cccc3c2NC2N3c3cc([Si](C)(C)C)ccc3-c3nc4ccccc4n32)c1. The molecular formula is C44H41N5Si. The number of nitrogens with zero attached hydrogens (tertiary/aromatic N) is 4. The van der Waals surface area contributed by atoms with Crippen LogP contribution in [0.1, 0.15) is 32.6 Å². The van der Waals surface area contributed by atoms with E-state index in [9.17, 15) is 0 Å². The minimum Gasteiger partial charge on any atom is -0.345 e. The average Bonchev–Trinajstić information content (AvgIpc) is 3.70. The van der Waals surface area contributed by atoms with Crippen LogP contribution in [0.15, 0.2) is 128 Å². The Bertz CT molecular complexity index is 2450. The van der Waals surface area contributed by atoms with Gasteiger partial charge >= 0.3 is 0 Å². The van der Waals surface area contributed by atoms with Gasteiger partial charge in [-0.05, 0) is 82.3 Å². The Kier molecular flexibility index (Phi) is 6.74. The molecule has 0 spiro atoms. The summed E-state index contributed by atoms with van der Waals surface area (Å²) in [6, 6.07) is 44.2. The van der Waals surface area contributed by atoms with Crippen LogP contribution in [0.25, 0.3) is 55.9 Å². The lowest BCUT2D eigenvalue weighted by molar-refractivity contribution is 0.590. The van der Waals surface area contributed by atoms with Gasteiger partial charge in [0.05, 0.1) is 41.9 Å².